The molecule has 3 N–H and O–H groups in total. The van der Waals surface area contributed by atoms with Gasteiger partial charge in [0.2, 0.25) is 0 Å². The lowest BCUT2D eigenvalue weighted by Gasteiger charge is -2.22. The number of nitrogens with two attached hydrogens (primary N) is 1. The molecule has 0 amide bonds. The first-order valence-electron chi connectivity index (χ1n) is 4.79. The van der Waals surface area contributed by atoms with E-state index in [0.29, 0.717) is 5.92 Å². The van der Waals surface area contributed by atoms with Gasteiger partial charge in [0.05, 0.1) is 0 Å². The number of benzene rings is 1. The summed E-state index contributed by atoms with van der Waals surface area (Å²) in [6.45, 7) is 4.34. The molecule has 14 heavy (non-hydrogen) atoms. The van der Waals surface area contributed by atoms with Gasteiger partial charge in [-0.1, -0.05) is 32.0 Å². The minimum atomic E-state index is 0.235. The summed E-state index contributed by atoms with van der Waals surface area (Å²) in [5.41, 5.74) is 4.17. The zero-order valence-electron chi connectivity index (χ0n) is 8.95. The lowest BCUT2D eigenvalue weighted by Crippen LogP contribution is -2.31. The fraction of sp³-hybridized carbons (Fsp3) is 0.455. The van der Waals surface area contributed by atoms with Crippen LogP contribution < -0.4 is 11.3 Å². The molecule has 0 saturated heterocycles. The Bertz CT molecular complexity index is 286. The van der Waals surface area contributed by atoms with Gasteiger partial charge < -0.3 is 0 Å². The zero-order valence-corrected chi connectivity index (χ0v) is 9.77. The van der Waals surface area contributed by atoms with E-state index in [0.717, 1.165) is 0 Å². The molecule has 1 aromatic rings. The number of rotatable bonds is 4. The summed E-state index contributed by atoms with van der Waals surface area (Å²) in [7, 11) is 0. The Balaban J connectivity index is 3.02. The maximum atomic E-state index is 5.57. The molecule has 0 heterocycles. The third kappa shape index (κ3) is 2.50. The highest BCUT2D eigenvalue weighted by Gasteiger charge is 2.16. The summed E-state index contributed by atoms with van der Waals surface area (Å²) in [6, 6.07) is 8.62. The average Bonchev–Trinajstić information content (AvgIpc) is 2.19. The Morgan fingerprint density at radius 1 is 1.29 bits per heavy atom. The van der Waals surface area contributed by atoms with Crippen LogP contribution in [-0.2, 0) is 0 Å². The van der Waals surface area contributed by atoms with Gasteiger partial charge >= 0.3 is 0 Å². The number of nitrogens with one attached hydrogen (secondary N) is 1. The quantitative estimate of drug-likeness (QED) is 0.456. The Labute approximate surface area is 90.2 Å². The average molecular weight is 210 g/mol. The monoisotopic (exact) mass is 210 g/mol. The van der Waals surface area contributed by atoms with Crippen LogP contribution in [0.4, 0.5) is 0 Å². The van der Waals surface area contributed by atoms with Gasteiger partial charge in [0, 0.05) is 10.9 Å². The lowest BCUT2D eigenvalue weighted by atomic mass is 9.97. The second-order valence-corrected chi connectivity index (χ2v) is 4.48. The predicted molar refractivity (Wildman–Crippen MR) is 63.1 cm³/mol. The van der Waals surface area contributed by atoms with Crippen molar-refractivity contribution in [1.29, 1.82) is 0 Å². The normalized spacial score (nSPS) is 13.2. The zero-order chi connectivity index (χ0) is 10.6. The van der Waals surface area contributed by atoms with Crippen LogP contribution >= 0.6 is 11.8 Å². The third-order valence-electron chi connectivity index (χ3n) is 2.32. The molecule has 3 heteroatoms. The van der Waals surface area contributed by atoms with E-state index in [2.05, 4.69) is 49.8 Å². The van der Waals surface area contributed by atoms with E-state index in [9.17, 15) is 0 Å². The van der Waals surface area contributed by atoms with Crippen molar-refractivity contribution in [2.45, 2.75) is 24.8 Å². The van der Waals surface area contributed by atoms with E-state index in [1.165, 1.54) is 10.5 Å². The first kappa shape index (κ1) is 11.6. The summed E-state index contributed by atoms with van der Waals surface area (Å²) in [4.78, 5) is 1.30. The Morgan fingerprint density at radius 2 is 1.93 bits per heavy atom. The van der Waals surface area contributed by atoms with Crippen LogP contribution in [0, 0.1) is 5.92 Å². The number of hydrogen-bond acceptors (Lipinski definition) is 3. The molecule has 0 saturated carbocycles. The molecule has 0 fully saturated rings. The molecular formula is C11H18N2S. The smallest absolute Gasteiger partial charge is 0.0493 e. The number of hydrogen-bond donors (Lipinski definition) is 2. The van der Waals surface area contributed by atoms with E-state index in [4.69, 9.17) is 5.84 Å². The molecule has 2 nitrogen and oxygen atoms in total. The Hall–Kier alpha value is -0.510. The summed E-state index contributed by atoms with van der Waals surface area (Å²) < 4.78 is 0. The van der Waals surface area contributed by atoms with Crippen molar-refractivity contribution in [2.75, 3.05) is 6.26 Å². The van der Waals surface area contributed by atoms with Crippen molar-refractivity contribution in [3.8, 4) is 0 Å². The van der Waals surface area contributed by atoms with E-state index < -0.39 is 0 Å². The molecule has 0 aromatic heterocycles. The van der Waals surface area contributed by atoms with E-state index in [1.54, 1.807) is 11.8 Å². The topological polar surface area (TPSA) is 38.0 Å². The van der Waals surface area contributed by atoms with Gasteiger partial charge in [-0.05, 0) is 23.8 Å². The minimum Gasteiger partial charge on any atom is -0.271 e. The van der Waals surface area contributed by atoms with Gasteiger partial charge in [-0.15, -0.1) is 11.8 Å². The molecule has 1 rings (SSSR count). The largest absolute Gasteiger partial charge is 0.271 e. The Kier molecular flexibility index (Phi) is 4.45. The van der Waals surface area contributed by atoms with Crippen LogP contribution in [0.2, 0.25) is 0 Å². The molecule has 0 spiro atoms. The fourth-order valence-electron chi connectivity index (χ4n) is 1.56. The highest BCUT2D eigenvalue weighted by Crippen LogP contribution is 2.29. The summed E-state index contributed by atoms with van der Waals surface area (Å²) in [6.07, 6.45) is 2.09. The molecule has 0 aliphatic heterocycles. The maximum absolute atomic E-state index is 5.57. The highest BCUT2D eigenvalue weighted by atomic mass is 32.2. The van der Waals surface area contributed by atoms with Crippen LogP contribution in [0.25, 0.3) is 0 Å². The van der Waals surface area contributed by atoms with Crippen molar-refractivity contribution in [3.05, 3.63) is 29.8 Å². The highest BCUT2D eigenvalue weighted by molar-refractivity contribution is 7.98. The Morgan fingerprint density at radius 3 is 2.43 bits per heavy atom. The van der Waals surface area contributed by atoms with E-state index >= 15 is 0 Å². The first-order chi connectivity index (χ1) is 6.70. The SMILES string of the molecule is CSc1ccccc1C(NN)C(C)C. The van der Waals surface area contributed by atoms with Crippen LogP contribution in [0.15, 0.2) is 29.2 Å². The van der Waals surface area contributed by atoms with E-state index in [-0.39, 0.29) is 6.04 Å². The van der Waals surface area contributed by atoms with Gasteiger partial charge in [-0.25, -0.2) is 0 Å². The van der Waals surface area contributed by atoms with Crippen molar-refractivity contribution in [3.63, 3.8) is 0 Å². The summed E-state index contributed by atoms with van der Waals surface area (Å²) in [5.74, 6) is 6.06. The van der Waals surface area contributed by atoms with Crippen LogP contribution in [0.5, 0.6) is 0 Å². The van der Waals surface area contributed by atoms with Crippen molar-refractivity contribution in [2.24, 2.45) is 11.8 Å². The van der Waals surface area contributed by atoms with Crippen molar-refractivity contribution < 1.29 is 0 Å². The number of thioether (sulfide) groups is 1. The summed E-state index contributed by atoms with van der Waals surface area (Å²) >= 11 is 1.76. The second-order valence-electron chi connectivity index (χ2n) is 3.63. The fourth-order valence-corrected chi connectivity index (χ4v) is 2.21. The van der Waals surface area contributed by atoms with Crippen molar-refractivity contribution in [1.82, 2.24) is 5.43 Å². The van der Waals surface area contributed by atoms with Crippen LogP contribution in [0.3, 0.4) is 0 Å². The van der Waals surface area contributed by atoms with Gasteiger partial charge in [0.1, 0.15) is 0 Å². The van der Waals surface area contributed by atoms with Crippen LogP contribution in [0.1, 0.15) is 25.5 Å². The first-order valence-corrected chi connectivity index (χ1v) is 6.02. The van der Waals surface area contributed by atoms with Crippen LogP contribution in [-0.4, -0.2) is 6.26 Å². The molecule has 1 unspecified atom stereocenters. The minimum absolute atomic E-state index is 0.235. The molecule has 0 aliphatic rings. The number of hydrazine groups is 1. The van der Waals surface area contributed by atoms with E-state index in [1.807, 2.05) is 0 Å². The molecule has 0 aliphatic carbocycles. The molecule has 0 bridgehead atoms. The standard InChI is InChI=1S/C11H18N2S/c1-8(2)11(13-12)9-6-4-5-7-10(9)14-3/h4-8,11,13H,12H2,1-3H3. The van der Waals surface area contributed by atoms with Gasteiger partial charge in [-0.3, -0.25) is 11.3 Å². The van der Waals surface area contributed by atoms with Gasteiger partial charge in [-0.2, -0.15) is 0 Å². The predicted octanol–water partition coefficient (Wildman–Crippen LogP) is 2.57. The summed E-state index contributed by atoms with van der Waals surface area (Å²) in [5, 5.41) is 0. The van der Waals surface area contributed by atoms with Crippen molar-refractivity contribution >= 4 is 11.8 Å². The van der Waals surface area contributed by atoms with Gasteiger partial charge in [0.15, 0.2) is 0 Å². The second kappa shape index (κ2) is 5.39. The molecule has 78 valence electrons. The molecule has 1 atom stereocenters. The molecule has 0 radical (unpaired) electrons. The maximum Gasteiger partial charge on any atom is 0.0493 e. The molecule has 1 aromatic carbocycles. The third-order valence-corrected chi connectivity index (χ3v) is 3.13. The molecular weight excluding hydrogens is 192 g/mol. The van der Waals surface area contributed by atoms with Gasteiger partial charge in [0.25, 0.3) is 0 Å². The lowest BCUT2D eigenvalue weighted by molar-refractivity contribution is 0.416.